The molecule has 2 N–H and O–H groups in total. The molecule has 1 aliphatic heterocycles. The Labute approximate surface area is 158 Å². The van der Waals surface area contributed by atoms with E-state index in [0.29, 0.717) is 12.1 Å². The molecule has 7 heteroatoms. The fraction of sp³-hybridized carbons (Fsp3) is 0.400. The molecule has 2 heterocycles. The molecule has 0 unspecified atom stereocenters. The van der Waals surface area contributed by atoms with Gasteiger partial charge in [0.2, 0.25) is 5.91 Å². The predicted octanol–water partition coefficient (Wildman–Crippen LogP) is 1.55. The van der Waals surface area contributed by atoms with E-state index in [0.717, 1.165) is 38.4 Å². The Balaban J connectivity index is 1.53. The molecule has 144 valence electrons. The molecule has 1 saturated heterocycles. The van der Waals surface area contributed by atoms with Gasteiger partial charge in [0.25, 0.3) is 5.91 Å². The van der Waals surface area contributed by atoms with Crippen LogP contribution in [0.15, 0.2) is 47.3 Å². The highest BCUT2D eigenvalue weighted by Crippen LogP contribution is 2.13. The number of rotatable bonds is 7. The lowest BCUT2D eigenvalue weighted by Gasteiger charge is -2.27. The average Bonchev–Trinajstić information content (AvgIpc) is 3.23. The average molecular weight is 371 g/mol. The van der Waals surface area contributed by atoms with E-state index in [2.05, 4.69) is 21.6 Å². The van der Waals surface area contributed by atoms with E-state index in [-0.39, 0.29) is 11.8 Å². The normalized spacial score (nSPS) is 15.9. The number of hydrogen-bond donors (Lipinski definition) is 2. The van der Waals surface area contributed by atoms with Crippen LogP contribution in [0.2, 0.25) is 0 Å². The Morgan fingerprint density at radius 2 is 1.89 bits per heavy atom. The van der Waals surface area contributed by atoms with Crippen LogP contribution < -0.4 is 10.6 Å². The molecule has 3 rings (SSSR count). The van der Waals surface area contributed by atoms with Crippen molar-refractivity contribution in [2.45, 2.75) is 26.1 Å². The van der Waals surface area contributed by atoms with Crippen molar-refractivity contribution in [1.82, 2.24) is 15.5 Å². The zero-order chi connectivity index (χ0) is 19.1. The van der Waals surface area contributed by atoms with E-state index in [1.165, 1.54) is 18.1 Å². The van der Waals surface area contributed by atoms with Crippen LogP contribution in [0.5, 0.6) is 0 Å². The molecule has 1 fully saturated rings. The summed E-state index contributed by atoms with van der Waals surface area (Å²) in [5, 5.41) is 5.57. The summed E-state index contributed by atoms with van der Waals surface area (Å²) in [4.78, 5) is 26.7. The number of furan rings is 1. The van der Waals surface area contributed by atoms with Gasteiger partial charge in [0, 0.05) is 26.2 Å². The second-order valence-electron chi connectivity index (χ2n) is 6.58. The largest absolute Gasteiger partial charge is 0.472 e. The molecule has 1 atom stereocenters. The maximum absolute atomic E-state index is 12.3. The SMILES string of the molecule is C[C@H](NC(=O)c1ccoc1)C(=O)NCc1ccccc1CN1CCOCC1. The van der Waals surface area contributed by atoms with E-state index in [4.69, 9.17) is 9.15 Å². The van der Waals surface area contributed by atoms with Gasteiger partial charge in [0.15, 0.2) is 0 Å². The summed E-state index contributed by atoms with van der Waals surface area (Å²) >= 11 is 0. The molecule has 0 saturated carbocycles. The summed E-state index contributed by atoms with van der Waals surface area (Å²) in [7, 11) is 0. The quantitative estimate of drug-likeness (QED) is 0.771. The highest BCUT2D eigenvalue weighted by Gasteiger charge is 2.18. The fourth-order valence-electron chi connectivity index (χ4n) is 2.96. The lowest BCUT2D eigenvalue weighted by Crippen LogP contribution is -2.44. The first-order valence-corrected chi connectivity index (χ1v) is 9.11. The van der Waals surface area contributed by atoms with Crippen molar-refractivity contribution in [2.24, 2.45) is 0 Å². The first-order valence-electron chi connectivity index (χ1n) is 9.11. The van der Waals surface area contributed by atoms with Gasteiger partial charge >= 0.3 is 0 Å². The van der Waals surface area contributed by atoms with E-state index >= 15 is 0 Å². The summed E-state index contributed by atoms with van der Waals surface area (Å²) in [6, 6.07) is 9.00. The van der Waals surface area contributed by atoms with Crippen molar-refractivity contribution >= 4 is 11.8 Å². The molecule has 7 nitrogen and oxygen atoms in total. The minimum Gasteiger partial charge on any atom is -0.472 e. The molecule has 2 aromatic rings. The minimum atomic E-state index is -0.640. The third kappa shape index (κ3) is 5.42. The Morgan fingerprint density at radius 3 is 2.59 bits per heavy atom. The summed E-state index contributed by atoms with van der Waals surface area (Å²) in [5.41, 5.74) is 2.66. The smallest absolute Gasteiger partial charge is 0.255 e. The van der Waals surface area contributed by atoms with Crippen LogP contribution >= 0.6 is 0 Å². The van der Waals surface area contributed by atoms with Crippen LogP contribution in [0.3, 0.4) is 0 Å². The van der Waals surface area contributed by atoms with E-state index in [9.17, 15) is 9.59 Å². The van der Waals surface area contributed by atoms with E-state index < -0.39 is 6.04 Å². The Hall–Kier alpha value is -2.64. The molecule has 0 aliphatic carbocycles. The Morgan fingerprint density at radius 1 is 1.15 bits per heavy atom. The van der Waals surface area contributed by atoms with Gasteiger partial charge in [-0.3, -0.25) is 14.5 Å². The maximum Gasteiger partial charge on any atom is 0.255 e. The standard InChI is InChI=1S/C20H25N3O4/c1-15(22-20(25)18-6-9-27-14-18)19(24)21-12-16-4-2-3-5-17(16)13-23-7-10-26-11-8-23/h2-6,9,14-15H,7-8,10-13H2,1H3,(H,21,24)(H,22,25)/t15-/m0/s1. The first-order chi connectivity index (χ1) is 13.1. The van der Waals surface area contributed by atoms with Gasteiger partial charge < -0.3 is 19.8 Å². The summed E-state index contributed by atoms with van der Waals surface area (Å²) in [6.07, 6.45) is 2.77. The van der Waals surface area contributed by atoms with Gasteiger partial charge in [0.05, 0.1) is 25.0 Å². The molecule has 0 spiro atoms. The molecule has 27 heavy (non-hydrogen) atoms. The van der Waals surface area contributed by atoms with Crippen LogP contribution in [0.1, 0.15) is 28.4 Å². The van der Waals surface area contributed by atoms with Crippen molar-refractivity contribution in [3.05, 3.63) is 59.5 Å². The number of morpholine rings is 1. The molecule has 2 amide bonds. The zero-order valence-corrected chi connectivity index (χ0v) is 15.4. The van der Waals surface area contributed by atoms with Crippen LogP contribution in [-0.4, -0.2) is 49.1 Å². The van der Waals surface area contributed by atoms with Gasteiger partial charge in [-0.15, -0.1) is 0 Å². The summed E-state index contributed by atoms with van der Waals surface area (Å²) in [5.74, 6) is -0.563. The second kappa shape index (κ2) is 9.34. The monoisotopic (exact) mass is 371 g/mol. The van der Waals surface area contributed by atoms with Crippen molar-refractivity contribution in [2.75, 3.05) is 26.3 Å². The van der Waals surface area contributed by atoms with Crippen LogP contribution in [0, 0.1) is 0 Å². The van der Waals surface area contributed by atoms with Gasteiger partial charge in [-0.25, -0.2) is 0 Å². The highest BCUT2D eigenvalue weighted by molar-refractivity contribution is 5.97. The number of nitrogens with zero attached hydrogens (tertiary/aromatic N) is 1. The Bertz CT molecular complexity index is 754. The predicted molar refractivity (Wildman–Crippen MR) is 100 cm³/mol. The summed E-state index contributed by atoms with van der Waals surface area (Å²) < 4.78 is 10.3. The number of ether oxygens (including phenoxy) is 1. The summed E-state index contributed by atoms with van der Waals surface area (Å²) in [6.45, 7) is 6.26. The molecule has 0 radical (unpaired) electrons. The van der Waals surface area contributed by atoms with Crippen LogP contribution in [-0.2, 0) is 22.6 Å². The van der Waals surface area contributed by atoms with Gasteiger partial charge in [-0.2, -0.15) is 0 Å². The number of amides is 2. The van der Waals surface area contributed by atoms with Crippen molar-refractivity contribution < 1.29 is 18.7 Å². The molecular formula is C20H25N3O4. The third-order valence-electron chi connectivity index (χ3n) is 4.59. The molecule has 1 aromatic heterocycles. The minimum absolute atomic E-state index is 0.229. The lowest BCUT2D eigenvalue weighted by molar-refractivity contribution is -0.122. The van der Waals surface area contributed by atoms with E-state index in [1.54, 1.807) is 13.0 Å². The second-order valence-corrected chi connectivity index (χ2v) is 6.58. The Kier molecular flexibility index (Phi) is 6.62. The number of hydrogen-bond acceptors (Lipinski definition) is 5. The topological polar surface area (TPSA) is 83.8 Å². The molecule has 0 bridgehead atoms. The van der Waals surface area contributed by atoms with Crippen LogP contribution in [0.4, 0.5) is 0 Å². The van der Waals surface area contributed by atoms with Crippen molar-refractivity contribution in [3.8, 4) is 0 Å². The number of carbonyl (C=O) groups is 2. The zero-order valence-electron chi connectivity index (χ0n) is 15.4. The first kappa shape index (κ1) is 19.1. The lowest BCUT2D eigenvalue weighted by atomic mass is 10.1. The van der Waals surface area contributed by atoms with Crippen LogP contribution in [0.25, 0.3) is 0 Å². The number of carbonyl (C=O) groups excluding carboxylic acids is 2. The van der Waals surface area contributed by atoms with Crippen molar-refractivity contribution in [1.29, 1.82) is 0 Å². The van der Waals surface area contributed by atoms with Gasteiger partial charge in [-0.05, 0) is 24.1 Å². The number of nitrogens with one attached hydrogen (secondary N) is 2. The molecule has 1 aliphatic rings. The van der Waals surface area contributed by atoms with Crippen molar-refractivity contribution in [3.63, 3.8) is 0 Å². The third-order valence-corrected chi connectivity index (χ3v) is 4.59. The van der Waals surface area contributed by atoms with E-state index in [1.807, 2.05) is 18.2 Å². The number of benzene rings is 1. The highest BCUT2D eigenvalue weighted by atomic mass is 16.5. The maximum atomic E-state index is 12.3. The molecular weight excluding hydrogens is 346 g/mol. The van der Waals surface area contributed by atoms with Gasteiger partial charge in [0.1, 0.15) is 12.3 Å². The van der Waals surface area contributed by atoms with Gasteiger partial charge in [-0.1, -0.05) is 24.3 Å². The molecule has 1 aromatic carbocycles. The fourth-order valence-corrected chi connectivity index (χ4v) is 2.96.